The van der Waals surface area contributed by atoms with Gasteiger partial charge >= 0.3 is 0 Å². The quantitative estimate of drug-likeness (QED) is 0.874. The summed E-state index contributed by atoms with van der Waals surface area (Å²) in [5, 5.41) is 3.79. The van der Waals surface area contributed by atoms with E-state index >= 15 is 0 Å². The summed E-state index contributed by atoms with van der Waals surface area (Å²) in [6, 6.07) is 13.1. The molecule has 118 valence electrons. The molecule has 0 spiro atoms. The highest BCUT2D eigenvalue weighted by Gasteiger charge is 2.57. The van der Waals surface area contributed by atoms with Crippen molar-refractivity contribution < 1.29 is 9.59 Å². The van der Waals surface area contributed by atoms with Gasteiger partial charge in [-0.05, 0) is 17.0 Å². The van der Waals surface area contributed by atoms with Crippen LogP contribution in [0.15, 0.2) is 47.8 Å². The van der Waals surface area contributed by atoms with Gasteiger partial charge in [0.05, 0.1) is 18.5 Å². The highest BCUT2D eigenvalue weighted by atomic mass is 32.1. The van der Waals surface area contributed by atoms with Gasteiger partial charge in [-0.2, -0.15) is 0 Å². The fourth-order valence-electron chi connectivity index (χ4n) is 3.48. The van der Waals surface area contributed by atoms with E-state index < -0.39 is 6.04 Å². The SMILES string of the molecule is CN1N[C@H](c2cccs2)[C@H]2C(=O)N(Cc3ccccc3)C(=O)[C@H]21. The first-order chi connectivity index (χ1) is 11.2. The Balaban J connectivity index is 1.64. The van der Waals surface area contributed by atoms with Crippen molar-refractivity contribution >= 4 is 23.2 Å². The van der Waals surface area contributed by atoms with Crippen LogP contribution in [0.5, 0.6) is 0 Å². The molecule has 1 aromatic carbocycles. The van der Waals surface area contributed by atoms with Gasteiger partial charge in [0.15, 0.2) is 0 Å². The fraction of sp³-hybridized carbons (Fsp3) is 0.294. The number of rotatable bonds is 3. The van der Waals surface area contributed by atoms with E-state index in [2.05, 4.69) is 5.43 Å². The summed E-state index contributed by atoms with van der Waals surface area (Å²) in [5.41, 5.74) is 4.25. The monoisotopic (exact) mass is 327 g/mol. The zero-order valence-corrected chi connectivity index (χ0v) is 13.5. The number of thiophene rings is 1. The van der Waals surface area contributed by atoms with Crippen LogP contribution in [0.25, 0.3) is 0 Å². The molecule has 1 aromatic heterocycles. The molecule has 0 radical (unpaired) electrons. The Hall–Kier alpha value is -2.02. The predicted octanol–water partition coefficient (Wildman–Crippen LogP) is 1.79. The number of benzene rings is 1. The molecule has 2 fully saturated rings. The van der Waals surface area contributed by atoms with Gasteiger partial charge in [-0.1, -0.05) is 36.4 Å². The average molecular weight is 327 g/mol. The second kappa shape index (κ2) is 5.56. The number of nitrogens with one attached hydrogen (secondary N) is 1. The molecule has 3 heterocycles. The van der Waals surface area contributed by atoms with E-state index in [9.17, 15) is 9.59 Å². The largest absolute Gasteiger partial charge is 0.276 e. The number of hydrogen-bond acceptors (Lipinski definition) is 5. The molecule has 0 aliphatic carbocycles. The summed E-state index contributed by atoms with van der Waals surface area (Å²) in [5.74, 6) is -0.549. The fourth-order valence-corrected chi connectivity index (χ4v) is 4.30. The molecular formula is C17H17N3O2S. The average Bonchev–Trinajstić information content (AvgIpc) is 3.24. The van der Waals surface area contributed by atoms with Crippen LogP contribution in [-0.2, 0) is 16.1 Å². The number of likely N-dealkylation sites (N-methyl/N-ethyl adjacent to an activating group) is 1. The second-order valence-corrected chi connectivity index (χ2v) is 6.93. The summed E-state index contributed by atoms with van der Waals surface area (Å²) < 4.78 is 0. The first-order valence-electron chi connectivity index (χ1n) is 7.58. The van der Waals surface area contributed by atoms with E-state index in [1.54, 1.807) is 16.3 Å². The number of imide groups is 1. The van der Waals surface area contributed by atoms with Crippen molar-refractivity contribution in [2.24, 2.45) is 5.92 Å². The van der Waals surface area contributed by atoms with Gasteiger partial charge in [-0.15, -0.1) is 11.3 Å². The molecule has 1 N–H and O–H groups in total. The normalized spacial score (nSPS) is 27.7. The number of likely N-dealkylation sites (tertiary alicyclic amines) is 1. The molecule has 0 bridgehead atoms. The topological polar surface area (TPSA) is 52.7 Å². The van der Waals surface area contributed by atoms with E-state index in [0.717, 1.165) is 10.4 Å². The molecule has 0 saturated carbocycles. The van der Waals surface area contributed by atoms with Crippen LogP contribution in [-0.4, -0.2) is 34.8 Å². The molecule has 6 heteroatoms. The van der Waals surface area contributed by atoms with Crippen LogP contribution in [0.2, 0.25) is 0 Å². The molecule has 3 atom stereocenters. The number of amides is 2. The first kappa shape index (κ1) is 14.6. The van der Waals surface area contributed by atoms with Crippen LogP contribution >= 0.6 is 11.3 Å². The van der Waals surface area contributed by atoms with Crippen molar-refractivity contribution in [1.82, 2.24) is 15.3 Å². The minimum atomic E-state index is -0.418. The third kappa shape index (κ3) is 2.30. The van der Waals surface area contributed by atoms with Crippen molar-refractivity contribution in [3.63, 3.8) is 0 Å². The lowest BCUT2D eigenvalue weighted by Crippen LogP contribution is -2.42. The Morgan fingerprint density at radius 3 is 2.57 bits per heavy atom. The van der Waals surface area contributed by atoms with Crippen molar-refractivity contribution in [1.29, 1.82) is 0 Å². The van der Waals surface area contributed by atoms with E-state index in [0.29, 0.717) is 6.54 Å². The molecule has 23 heavy (non-hydrogen) atoms. The lowest BCUT2D eigenvalue weighted by molar-refractivity contribution is -0.142. The van der Waals surface area contributed by atoms with Gasteiger partial charge in [0.1, 0.15) is 6.04 Å². The number of carbonyl (C=O) groups is 2. The zero-order chi connectivity index (χ0) is 16.0. The molecule has 2 amide bonds. The Morgan fingerprint density at radius 1 is 1.09 bits per heavy atom. The van der Waals surface area contributed by atoms with Crippen molar-refractivity contribution in [3.05, 3.63) is 58.3 Å². The minimum absolute atomic E-state index is 0.0842. The zero-order valence-electron chi connectivity index (χ0n) is 12.7. The molecular weight excluding hydrogens is 310 g/mol. The predicted molar refractivity (Wildman–Crippen MR) is 87.2 cm³/mol. The van der Waals surface area contributed by atoms with Crippen LogP contribution in [0.4, 0.5) is 0 Å². The van der Waals surface area contributed by atoms with Crippen molar-refractivity contribution in [3.8, 4) is 0 Å². The summed E-state index contributed by atoms with van der Waals surface area (Å²) in [7, 11) is 1.84. The van der Waals surface area contributed by atoms with E-state index in [4.69, 9.17) is 0 Å². The van der Waals surface area contributed by atoms with Gasteiger partial charge in [0, 0.05) is 11.9 Å². The summed E-state index contributed by atoms with van der Waals surface area (Å²) in [6.45, 7) is 0.344. The maximum Gasteiger partial charge on any atom is 0.249 e. The van der Waals surface area contributed by atoms with Crippen LogP contribution < -0.4 is 5.43 Å². The van der Waals surface area contributed by atoms with Gasteiger partial charge in [-0.3, -0.25) is 14.5 Å². The minimum Gasteiger partial charge on any atom is -0.276 e. The summed E-state index contributed by atoms with van der Waals surface area (Å²) >= 11 is 1.61. The van der Waals surface area contributed by atoms with Gasteiger partial charge in [-0.25, -0.2) is 10.4 Å². The molecule has 2 aliphatic rings. The molecule has 5 nitrogen and oxygen atoms in total. The van der Waals surface area contributed by atoms with Crippen LogP contribution in [0, 0.1) is 5.92 Å². The maximum absolute atomic E-state index is 12.9. The van der Waals surface area contributed by atoms with E-state index in [1.807, 2.05) is 54.9 Å². The highest BCUT2D eigenvalue weighted by molar-refractivity contribution is 7.10. The van der Waals surface area contributed by atoms with Gasteiger partial charge in [0.2, 0.25) is 11.8 Å². The molecule has 2 aromatic rings. The second-order valence-electron chi connectivity index (χ2n) is 5.95. The summed E-state index contributed by atoms with van der Waals surface area (Å²) in [6.07, 6.45) is 0. The molecule has 2 saturated heterocycles. The third-order valence-electron chi connectivity index (χ3n) is 4.56. The standard InChI is InChI=1S/C17H17N3O2S/c1-19-15-13(14(18-19)12-8-5-9-23-12)16(21)20(17(15)22)10-11-6-3-2-4-7-11/h2-9,13-15,18H,10H2,1H3/t13-,14-,15+/m1/s1. The van der Waals surface area contributed by atoms with Gasteiger partial charge in [0.25, 0.3) is 0 Å². The number of fused-ring (bicyclic) bond motifs is 1. The van der Waals surface area contributed by atoms with Crippen molar-refractivity contribution in [2.45, 2.75) is 18.6 Å². The van der Waals surface area contributed by atoms with Gasteiger partial charge < -0.3 is 0 Å². The Morgan fingerprint density at radius 2 is 1.87 bits per heavy atom. The molecule has 0 unspecified atom stereocenters. The maximum atomic E-state index is 12.9. The number of hydrazine groups is 1. The smallest absolute Gasteiger partial charge is 0.249 e. The third-order valence-corrected chi connectivity index (χ3v) is 5.52. The molecule has 4 rings (SSSR count). The Labute approximate surface area is 138 Å². The Bertz CT molecular complexity index is 732. The number of hydrogen-bond donors (Lipinski definition) is 1. The molecule has 2 aliphatic heterocycles. The van der Waals surface area contributed by atoms with E-state index in [1.165, 1.54) is 4.90 Å². The number of carbonyl (C=O) groups excluding carboxylic acids is 2. The lowest BCUT2D eigenvalue weighted by atomic mass is 9.95. The summed E-state index contributed by atoms with van der Waals surface area (Å²) in [4.78, 5) is 28.1. The van der Waals surface area contributed by atoms with Crippen molar-refractivity contribution in [2.75, 3.05) is 7.05 Å². The lowest BCUT2D eigenvalue weighted by Gasteiger charge is -2.21. The van der Waals surface area contributed by atoms with E-state index in [-0.39, 0.29) is 23.8 Å². The van der Waals surface area contributed by atoms with Crippen LogP contribution in [0.3, 0.4) is 0 Å². The highest BCUT2D eigenvalue weighted by Crippen LogP contribution is 2.41. The first-order valence-corrected chi connectivity index (χ1v) is 8.46. The number of nitrogens with zero attached hydrogens (tertiary/aromatic N) is 2. The Kier molecular flexibility index (Phi) is 3.52. The van der Waals surface area contributed by atoms with Crippen LogP contribution in [0.1, 0.15) is 16.5 Å².